The van der Waals surface area contributed by atoms with Crippen LogP contribution in [0, 0.1) is 17.7 Å². The molecule has 2 fully saturated rings. The van der Waals surface area contributed by atoms with Crippen LogP contribution in [0.1, 0.15) is 31.2 Å². The van der Waals surface area contributed by atoms with E-state index in [0.717, 1.165) is 44.7 Å². The Balaban J connectivity index is 1.80. The fourth-order valence-electron chi connectivity index (χ4n) is 3.85. The number of carbonyl (C=O) groups excluding carboxylic acids is 1. The molecule has 0 aliphatic carbocycles. The fraction of sp³-hybridized carbons (Fsp3) is 0.611. The van der Waals surface area contributed by atoms with E-state index in [4.69, 9.17) is 4.74 Å². The number of piperidine rings is 1. The number of rotatable bonds is 3. The van der Waals surface area contributed by atoms with Gasteiger partial charge in [-0.15, -0.1) is 0 Å². The maximum Gasteiger partial charge on any atom is 0.308 e. The summed E-state index contributed by atoms with van der Waals surface area (Å²) in [5.41, 5.74) is 2.22. The van der Waals surface area contributed by atoms with Gasteiger partial charge in [0.15, 0.2) is 0 Å². The maximum atomic E-state index is 13.8. The lowest BCUT2D eigenvalue weighted by Gasteiger charge is -2.35. The van der Waals surface area contributed by atoms with Crippen LogP contribution in [0.5, 0.6) is 0 Å². The summed E-state index contributed by atoms with van der Waals surface area (Å²) in [7, 11) is 1.44. The van der Waals surface area contributed by atoms with Crippen LogP contribution in [0.25, 0.3) is 0 Å². The first-order valence-electron chi connectivity index (χ1n) is 8.43. The summed E-state index contributed by atoms with van der Waals surface area (Å²) in [5.74, 6) is 0.617. The number of carbonyl (C=O) groups is 1. The van der Waals surface area contributed by atoms with Crippen molar-refractivity contribution >= 4 is 11.7 Å². The summed E-state index contributed by atoms with van der Waals surface area (Å²) >= 11 is 0. The van der Waals surface area contributed by atoms with Crippen molar-refractivity contribution < 1.29 is 13.9 Å². The van der Waals surface area contributed by atoms with Gasteiger partial charge in [0.25, 0.3) is 0 Å². The van der Waals surface area contributed by atoms with Crippen LogP contribution >= 0.6 is 0 Å². The molecule has 2 atom stereocenters. The van der Waals surface area contributed by atoms with Crippen molar-refractivity contribution in [1.82, 2.24) is 5.32 Å². The molecule has 126 valence electrons. The lowest BCUT2D eigenvalue weighted by molar-refractivity contribution is -0.146. The number of esters is 1. The number of nitrogens with one attached hydrogen (secondary N) is 1. The fourth-order valence-corrected chi connectivity index (χ4v) is 3.85. The number of ether oxygens (including phenoxy) is 1. The third-order valence-electron chi connectivity index (χ3n) is 5.28. The third-order valence-corrected chi connectivity index (χ3v) is 5.28. The van der Waals surface area contributed by atoms with Gasteiger partial charge in [-0.2, -0.15) is 0 Å². The SMILES string of the molecule is COC(=O)C1CCN(c2cc(F)ccc2[C@H]2CNC[C@@H]2C)CC1. The smallest absolute Gasteiger partial charge is 0.308 e. The zero-order chi connectivity index (χ0) is 16.4. The normalized spacial score (nSPS) is 25.6. The van der Waals surface area contributed by atoms with Crippen molar-refractivity contribution in [2.24, 2.45) is 11.8 Å². The standard InChI is InChI=1S/C18H25FN2O2/c1-12-10-20-11-16(12)15-4-3-14(19)9-17(15)21-7-5-13(6-8-21)18(22)23-2/h3-4,9,12-13,16,20H,5-8,10-11H2,1-2H3/t12-,16-/m0/s1. The quantitative estimate of drug-likeness (QED) is 0.869. The van der Waals surface area contributed by atoms with Crippen LogP contribution in [0.2, 0.25) is 0 Å². The molecule has 4 nitrogen and oxygen atoms in total. The van der Waals surface area contributed by atoms with Gasteiger partial charge in [0.1, 0.15) is 5.82 Å². The van der Waals surface area contributed by atoms with Crippen molar-refractivity contribution in [3.8, 4) is 0 Å². The van der Waals surface area contributed by atoms with Gasteiger partial charge in [0, 0.05) is 31.2 Å². The second-order valence-electron chi connectivity index (χ2n) is 6.73. The Morgan fingerprint density at radius 1 is 1.30 bits per heavy atom. The van der Waals surface area contributed by atoms with E-state index in [0.29, 0.717) is 11.8 Å². The average molecular weight is 320 g/mol. The van der Waals surface area contributed by atoms with E-state index in [-0.39, 0.29) is 17.7 Å². The van der Waals surface area contributed by atoms with Crippen molar-refractivity contribution in [3.05, 3.63) is 29.6 Å². The number of benzene rings is 1. The second kappa shape index (κ2) is 6.87. The highest BCUT2D eigenvalue weighted by Gasteiger charge is 2.31. The molecule has 1 aromatic carbocycles. The topological polar surface area (TPSA) is 41.6 Å². The molecule has 0 unspecified atom stereocenters. The molecular weight excluding hydrogens is 295 g/mol. The molecule has 1 N–H and O–H groups in total. The highest BCUT2D eigenvalue weighted by molar-refractivity contribution is 5.72. The van der Waals surface area contributed by atoms with E-state index in [1.54, 1.807) is 12.1 Å². The van der Waals surface area contributed by atoms with E-state index >= 15 is 0 Å². The average Bonchev–Trinajstić information content (AvgIpc) is 3.00. The number of methoxy groups -OCH3 is 1. The molecule has 2 aliphatic heterocycles. The molecule has 0 spiro atoms. The molecule has 0 amide bonds. The Bertz CT molecular complexity index is 570. The summed E-state index contributed by atoms with van der Waals surface area (Å²) in [4.78, 5) is 13.9. The molecule has 0 saturated carbocycles. The molecule has 23 heavy (non-hydrogen) atoms. The van der Waals surface area contributed by atoms with Crippen LogP contribution in [-0.2, 0) is 9.53 Å². The van der Waals surface area contributed by atoms with Gasteiger partial charge in [0.05, 0.1) is 13.0 Å². The van der Waals surface area contributed by atoms with Gasteiger partial charge in [0.2, 0.25) is 0 Å². The molecule has 5 heteroatoms. The number of hydrogen-bond acceptors (Lipinski definition) is 4. The highest BCUT2D eigenvalue weighted by Crippen LogP contribution is 2.36. The summed E-state index contributed by atoms with van der Waals surface area (Å²) < 4.78 is 18.7. The first-order valence-corrected chi connectivity index (χ1v) is 8.43. The molecule has 0 aromatic heterocycles. The maximum absolute atomic E-state index is 13.8. The molecule has 2 saturated heterocycles. The Morgan fingerprint density at radius 3 is 2.65 bits per heavy atom. The zero-order valence-corrected chi connectivity index (χ0v) is 13.8. The van der Waals surface area contributed by atoms with E-state index in [9.17, 15) is 9.18 Å². The van der Waals surface area contributed by atoms with Crippen molar-refractivity contribution in [3.63, 3.8) is 0 Å². The molecule has 2 aliphatic rings. The minimum Gasteiger partial charge on any atom is -0.469 e. The number of nitrogens with zero attached hydrogens (tertiary/aromatic N) is 1. The molecule has 0 bridgehead atoms. The summed E-state index contributed by atoms with van der Waals surface area (Å²) in [5, 5.41) is 3.42. The molecule has 2 heterocycles. The molecule has 0 radical (unpaired) electrons. The van der Waals surface area contributed by atoms with Gasteiger partial charge in [-0.25, -0.2) is 4.39 Å². The van der Waals surface area contributed by atoms with Crippen LogP contribution < -0.4 is 10.2 Å². The highest BCUT2D eigenvalue weighted by atomic mass is 19.1. The van der Waals surface area contributed by atoms with Crippen LogP contribution in [0.3, 0.4) is 0 Å². The van der Waals surface area contributed by atoms with Crippen LogP contribution in [0.15, 0.2) is 18.2 Å². The summed E-state index contributed by atoms with van der Waals surface area (Å²) in [6.07, 6.45) is 1.53. The second-order valence-corrected chi connectivity index (χ2v) is 6.73. The third kappa shape index (κ3) is 3.34. The Labute approximate surface area is 137 Å². The summed E-state index contributed by atoms with van der Waals surface area (Å²) in [6.45, 7) is 5.72. The minimum absolute atomic E-state index is 0.0275. The molecule has 3 rings (SSSR count). The van der Waals surface area contributed by atoms with Crippen molar-refractivity contribution in [2.75, 3.05) is 38.2 Å². The van der Waals surface area contributed by atoms with Crippen molar-refractivity contribution in [2.45, 2.75) is 25.7 Å². The minimum atomic E-state index is -0.197. The van der Waals surface area contributed by atoms with Crippen LogP contribution in [0.4, 0.5) is 10.1 Å². The Morgan fingerprint density at radius 2 is 2.04 bits per heavy atom. The number of anilines is 1. The van der Waals surface area contributed by atoms with Gasteiger partial charge in [-0.1, -0.05) is 13.0 Å². The Hall–Kier alpha value is -1.62. The Kier molecular flexibility index (Phi) is 4.85. The number of halogens is 1. The van der Waals surface area contributed by atoms with Gasteiger partial charge < -0.3 is 15.0 Å². The molecule has 1 aromatic rings. The first-order chi connectivity index (χ1) is 11.1. The number of hydrogen-bond donors (Lipinski definition) is 1. The van der Waals surface area contributed by atoms with Crippen molar-refractivity contribution in [1.29, 1.82) is 0 Å². The predicted molar refractivity (Wildman–Crippen MR) is 88.1 cm³/mol. The zero-order valence-electron chi connectivity index (χ0n) is 13.8. The largest absolute Gasteiger partial charge is 0.469 e. The van der Waals surface area contributed by atoms with Gasteiger partial charge >= 0.3 is 5.97 Å². The van der Waals surface area contributed by atoms with E-state index < -0.39 is 0 Å². The predicted octanol–water partition coefficient (Wildman–Crippen LogP) is 2.54. The van der Waals surface area contributed by atoms with Gasteiger partial charge in [-0.05, 0) is 43.0 Å². The lowest BCUT2D eigenvalue weighted by Crippen LogP contribution is -2.37. The van der Waals surface area contributed by atoms with E-state index in [1.165, 1.54) is 12.7 Å². The molecular formula is C18H25FN2O2. The summed E-state index contributed by atoms with van der Waals surface area (Å²) in [6, 6.07) is 5.15. The van der Waals surface area contributed by atoms with E-state index in [2.05, 4.69) is 17.1 Å². The monoisotopic (exact) mass is 320 g/mol. The van der Waals surface area contributed by atoms with Crippen LogP contribution in [-0.4, -0.2) is 39.3 Å². The first kappa shape index (κ1) is 16.2. The lowest BCUT2D eigenvalue weighted by atomic mass is 9.88. The van der Waals surface area contributed by atoms with Gasteiger partial charge in [-0.3, -0.25) is 4.79 Å². The van der Waals surface area contributed by atoms with E-state index in [1.807, 2.05) is 6.07 Å².